The summed E-state index contributed by atoms with van der Waals surface area (Å²) in [6, 6.07) is 22.0. The highest BCUT2D eigenvalue weighted by atomic mass is 32.2. The van der Waals surface area contributed by atoms with Gasteiger partial charge in [0, 0.05) is 62.6 Å². The average Bonchev–Trinajstić information content (AvgIpc) is 3.03. The van der Waals surface area contributed by atoms with E-state index in [9.17, 15) is 18.0 Å². The Bertz CT molecular complexity index is 1790. The lowest BCUT2D eigenvalue weighted by atomic mass is 10.0. The average molecular weight is 646 g/mol. The summed E-state index contributed by atoms with van der Waals surface area (Å²) in [6.07, 6.45) is 1.00. The normalized spacial score (nSPS) is 14.5. The van der Waals surface area contributed by atoms with Gasteiger partial charge in [0.1, 0.15) is 17.4 Å². The van der Waals surface area contributed by atoms with E-state index in [2.05, 4.69) is 9.88 Å². The van der Waals surface area contributed by atoms with Crippen molar-refractivity contribution in [2.75, 3.05) is 43.9 Å². The van der Waals surface area contributed by atoms with E-state index in [0.29, 0.717) is 42.8 Å². The molecule has 11 nitrogen and oxygen atoms in total. The Morgan fingerprint density at radius 3 is 2.24 bits per heavy atom. The van der Waals surface area contributed by atoms with Gasteiger partial charge in [-0.1, -0.05) is 36.4 Å². The van der Waals surface area contributed by atoms with Crippen molar-refractivity contribution in [3.05, 3.63) is 90.6 Å². The molecule has 1 aromatic heterocycles. The molecule has 0 radical (unpaired) electrons. The van der Waals surface area contributed by atoms with Crippen LogP contribution in [0.15, 0.2) is 90.1 Å². The molecule has 1 fully saturated rings. The zero-order valence-electron chi connectivity index (χ0n) is 26.4. The Balaban J connectivity index is 1.31. The number of hydrogen-bond acceptors (Lipinski definition) is 9. The molecule has 3 aromatic carbocycles. The number of pyridine rings is 1. The minimum absolute atomic E-state index is 0.0978. The first-order chi connectivity index (χ1) is 21.8. The molecule has 0 saturated carbocycles. The number of rotatable bonds is 8. The second-order valence-corrected chi connectivity index (χ2v) is 13.7. The number of nitrogen functional groups attached to an aromatic ring is 1. The summed E-state index contributed by atoms with van der Waals surface area (Å²) in [5, 5.41) is 1.02. The van der Waals surface area contributed by atoms with Crippen LogP contribution in [-0.2, 0) is 26.1 Å². The van der Waals surface area contributed by atoms with Crippen molar-refractivity contribution < 1.29 is 26.9 Å². The predicted molar refractivity (Wildman–Crippen MR) is 177 cm³/mol. The van der Waals surface area contributed by atoms with Crippen LogP contribution >= 0.6 is 0 Å². The van der Waals surface area contributed by atoms with Crippen molar-refractivity contribution in [1.29, 1.82) is 0 Å². The zero-order chi connectivity index (χ0) is 33.1. The van der Waals surface area contributed by atoms with E-state index in [0.717, 1.165) is 11.1 Å². The van der Waals surface area contributed by atoms with Crippen LogP contribution in [0, 0.1) is 0 Å². The molecule has 1 atom stereocenters. The SMILES string of the molecule is CN(C(=O)OC(C)(C)C)[C@@H](Cc1ccc(OS(=O)(=O)c2nccc3ccccc23)cc1)C(=O)N1CCN(c2ccc(N)cc2)CC1. The predicted octanol–water partition coefficient (Wildman–Crippen LogP) is 4.71. The summed E-state index contributed by atoms with van der Waals surface area (Å²) in [5.74, 6) is -0.101. The summed E-state index contributed by atoms with van der Waals surface area (Å²) in [7, 11) is -2.67. The van der Waals surface area contributed by atoms with Gasteiger partial charge in [-0.15, -0.1) is 0 Å². The smallest absolute Gasteiger partial charge is 0.410 e. The lowest BCUT2D eigenvalue weighted by Gasteiger charge is -2.39. The molecule has 0 bridgehead atoms. The first-order valence-corrected chi connectivity index (χ1v) is 16.4. The van der Waals surface area contributed by atoms with Crippen molar-refractivity contribution in [3.8, 4) is 5.75 Å². The molecule has 1 aliphatic heterocycles. The van der Waals surface area contributed by atoms with Crippen molar-refractivity contribution in [3.63, 3.8) is 0 Å². The number of benzene rings is 3. The highest BCUT2D eigenvalue weighted by molar-refractivity contribution is 7.87. The van der Waals surface area contributed by atoms with E-state index >= 15 is 0 Å². The van der Waals surface area contributed by atoms with Gasteiger partial charge in [-0.25, -0.2) is 9.78 Å². The second kappa shape index (κ2) is 13.3. The summed E-state index contributed by atoms with van der Waals surface area (Å²) in [4.78, 5) is 36.4. The molecule has 0 aliphatic carbocycles. The maximum atomic E-state index is 14.0. The van der Waals surface area contributed by atoms with Crippen molar-refractivity contribution in [2.24, 2.45) is 0 Å². The molecule has 1 aliphatic rings. The minimum atomic E-state index is -4.22. The highest BCUT2D eigenvalue weighted by Gasteiger charge is 2.34. The van der Waals surface area contributed by atoms with Crippen molar-refractivity contribution in [1.82, 2.24) is 14.8 Å². The third-order valence-electron chi connectivity index (χ3n) is 7.72. The van der Waals surface area contributed by atoms with Gasteiger partial charge in [-0.05, 0) is 74.2 Å². The molecule has 46 heavy (non-hydrogen) atoms. The van der Waals surface area contributed by atoms with E-state index < -0.39 is 27.9 Å². The Kier molecular flexibility index (Phi) is 9.38. The molecule has 1 saturated heterocycles. The fraction of sp³-hybridized carbons (Fsp3) is 0.324. The summed E-state index contributed by atoms with van der Waals surface area (Å²) < 4.78 is 37.3. The number of nitrogens with zero attached hydrogens (tertiary/aromatic N) is 4. The molecule has 242 valence electrons. The van der Waals surface area contributed by atoms with Crippen LogP contribution in [0.25, 0.3) is 10.8 Å². The molecule has 2 amide bonds. The number of anilines is 2. The number of fused-ring (bicyclic) bond motifs is 1. The molecule has 2 heterocycles. The van der Waals surface area contributed by atoms with Gasteiger partial charge in [0.25, 0.3) is 0 Å². The first kappa shape index (κ1) is 32.6. The Hall–Kier alpha value is -4.84. The van der Waals surface area contributed by atoms with Crippen LogP contribution in [0.4, 0.5) is 16.2 Å². The minimum Gasteiger partial charge on any atom is -0.444 e. The van der Waals surface area contributed by atoms with Crippen LogP contribution in [0.2, 0.25) is 0 Å². The number of carbonyl (C=O) groups excluding carboxylic acids is 2. The number of aromatic nitrogens is 1. The zero-order valence-corrected chi connectivity index (χ0v) is 27.2. The molecule has 5 rings (SSSR count). The van der Waals surface area contributed by atoms with Crippen LogP contribution in [0.5, 0.6) is 5.75 Å². The largest absolute Gasteiger partial charge is 0.444 e. The van der Waals surface area contributed by atoms with Gasteiger partial charge in [0.2, 0.25) is 10.9 Å². The number of ether oxygens (including phenoxy) is 1. The summed E-state index contributed by atoms with van der Waals surface area (Å²) in [6.45, 7) is 7.53. The van der Waals surface area contributed by atoms with Crippen LogP contribution in [0.1, 0.15) is 26.3 Å². The maximum absolute atomic E-state index is 14.0. The molecule has 4 aromatic rings. The quantitative estimate of drug-likeness (QED) is 0.213. The van der Waals surface area contributed by atoms with Gasteiger partial charge in [-0.3, -0.25) is 9.69 Å². The van der Waals surface area contributed by atoms with Crippen molar-refractivity contribution in [2.45, 2.75) is 43.9 Å². The Labute approximate surface area is 269 Å². The molecule has 0 spiro atoms. The molecular weight excluding hydrogens is 606 g/mol. The number of amides is 2. The number of hydrogen-bond donors (Lipinski definition) is 1. The highest BCUT2D eigenvalue weighted by Crippen LogP contribution is 2.26. The fourth-order valence-corrected chi connectivity index (χ4v) is 6.38. The summed E-state index contributed by atoms with van der Waals surface area (Å²) >= 11 is 0. The van der Waals surface area contributed by atoms with Crippen molar-refractivity contribution >= 4 is 44.3 Å². The maximum Gasteiger partial charge on any atom is 0.410 e. The van der Waals surface area contributed by atoms with Gasteiger partial charge in [-0.2, -0.15) is 8.42 Å². The van der Waals surface area contributed by atoms with Crippen LogP contribution < -0.4 is 14.8 Å². The van der Waals surface area contributed by atoms with E-state index in [1.165, 1.54) is 23.2 Å². The second-order valence-electron chi connectivity index (χ2n) is 12.2. The third-order valence-corrected chi connectivity index (χ3v) is 8.93. The molecule has 2 N–H and O–H groups in total. The monoisotopic (exact) mass is 645 g/mol. The number of piperazine rings is 1. The third kappa shape index (κ3) is 7.68. The molecular formula is C34H39N5O6S. The topological polar surface area (TPSA) is 135 Å². The standard InChI is InChI=1S/C34H39N5O6S/c1-34(2,3)44-33(41)37(4)30(32(40)39-21-19-38(20-22-39)27-13-11-26(35)12-14-27)23-24-9-15-28(16-10-24)45-46(42,43)31-29-8-6-5-7-25(29)17-18-36-31/h5-18,30H,19-23,35H2,1-4H3/t30-/m0/s1. The number of nitrogens with two attached hydrogens (primary N) is 1. The van der Waals surface area contributed by atoms with E-state index in [4.69, 9.17) is 14.7 Å². The van der Waals surface area contributed by atoms with Gasteiger partial charge in [0.15, 0.2) is 0 Å². The summed E-state index contributed by atoms with van der Waals surface area (Å²) in [5.41, 5.74) is 7.52. The lowest BCUT2D eigenvalue weighted by molar-refractivity contribution is -0.136. The Morgan fingerprint density at radius 1 is 0.935 bits per heavy atom. The first-order valence-electron chi connectivity index (χ1n) is 15.0. The molecule has 12 heteroatoms. The van der Waals surface area contributed by atoms with Gasteiger partial charge >= 0.3 is 16.2 Å². The van der Waals surface area contributed by atoms with Gasteiger partial charge in [0.05, 0.1) is 0 Å². The number of carbonyl (C=O) groups is 2. The van der Waals surface area contributed by atoms with E-state index in [-0.39, 0.29) is 23.1 Å². The molecule has 0 unspecified atom stereocenters. The van der Waals surface area contributed by atoms with E-state index in [1.807, 2.05) is 30.3 Å². The van der Waals surface area contributed by atoms with Crippen LogP contribution in [-0.4, -0.2) is 80.1 Å². The fourth-order valence-electron chi connectivity index (χ4n) is 5.29. The van der Waals surface area contributed by atoms with Crippen LogP contribution in [0.3, 0.4) is 0 Å². The van der Waals surface area contributed by atoms with E-state index in [1.54, 1.807) is 69.1 Å². The lowest BCUT2D eigenvalue weighted by Crippen LogP contribution is -2.56. The number of likely N-dealkylation sites (N-methyl/N-ethyl adjacent to an activating group) is 1. The van der Waals surface area contributed by atoms with Gasteiger partial charge < -0.3 is 24.5 Å². The Morgan fingerprint density at radius 2 is 1.59 bits per heavy atom.